The van der Waals surface area contributed by atoms with Crippen molar-refractivity contribution in [3.05, 3.63) is 94.9 Å². The lowest BCUT2D eigenvalue weighted by molar-refractivity contribution is 0.0975. The Bertz CT molecular complexity index is 1390. The molecule has 4 aromatic rings. The molecular formula is C27H23N3O5. The molecule has 1 atom stereocenters. The van der Waals surface area contributed by atoms with Gasteiger partial charge in [-0.3, -0.25) is 9.69 Å². The summed E-state index contributed by atoms with van der Waals surface area (Å²) in [7, 11) is 0. The van der Waals surface area contributed by atoms with Gasteiger partial charge in [-0.1, -0.05) is 29.4 Å². The van der Waals surface area contributed by atoms with Crippen molar-refractivity contribution in [3.63, 3.8) is 0 Å². The van der Waals surface area contributed by atoms with E-state index in [4.69, 9.17) is 18.7 Å². The Balaban J connectivity index is 1.31. The third-order valence-corrected chi connectivity index (χ3v) is 6.32. The highest BCUT2D eigenvalue weighted by Gasteiger charge is 2.34. The number of fused-ring (bicyclic) bond motifs is 2. The molecule has 3 aromatic carbocycles. The SMILES string of the molecule is Cc1noc(C)c1COc1ccc(C2Nc3ccccc3C(=O)N2c2ccc3c(c2)OCO3)cc1. The van der Waals surface area contributed by atoms with Crippen molar-refractivity contribution in [1.82, 2.24) is 5.16 Å². The summed E-state index contributed by atoms with van der Waals surface area (Å²) in [5.41, 5.74) is 4.79. The van der Waals surface area contributed by atoms with Crippen LogP contribution in [-0.4, -0.2) is 17.9 Å². The molecule has 3 heterocycles. The first-order valence-electron chi connectivity index (χ1n) is 11.3. The van der Waals surface area contributed by atoms with E-state index in [1.54, 1.807) is 4.90 Å². The van der Waals surface area contributed by atoms with Crippen molar-refractivity contribution in [2.45, 2.75) is 26.6 Å². The minimum atomic E-state index is -0.422. The molecule has 1 amide bonds. The summed E-state index contributed by atoms with van der Waals surface area (Å²) < 4.78 is 22.2. The number of nitrogens with one attached hydrogen (secondary N) is 1. The average Bonchev–Trinajstić information content (AvgIpc) is 3.48. The summed E-state index contributed by atoms with van der Waals surface area (Å²) in [5.74, 6) is 2.66. The molecule has 6 rings (SSSR count). The first-order valence-corrected chi connectivity index (χ1v) is 11.3. The van der Waals surface area contributed by atoms with Gasteiger partial charge in [0, 0.05) is 11.8 Å². The fourth-order valence-electron chi connectivity index (χ4n) is 4.40. The number of hydrogen-bond donors (Lipinski definition) is 1. The van der Waals surface area contributed by atoms with E-state index in [1.165, 1.54) is 0 Å². The maximum absolute atomic E-state index is 13.6. The van der Waals surface area contributed by atoms with Gasteiger partial charge in [-0.05, 0) is 55.8 Å². The van der Waals surface area contributed by atoms with Crippen molar-refractivity contribution >= 4 is 17.3 Å². The van der Waals surface area contributed by atoms with Gasteiger partial charge in [0.05, 0.1) is 22.5 Å². The molecular weight excluding hydrogens is 446 g/mol. The van der Waals surface area contributed by atoms with Crippen LogP contribution in [0, 0.1) is 13.8 Å². The van der Waals surface area contributed by atoms with E-state index in [0.717, 1.165) is 28.3 Å². The van der Waals surface area contributed by atoms with Gasteiger partial charge in [0.1, 0.15) is 24.3 Å². The lowest BCUT2D eigenvalue weighted by Crippen LogP contribution is -2.43. The van der Waals surface area contributed by atoms with Crippen LogP contribution in [0.1, 0.15) is 39.1 Å². The number of para-hydroxylation sites is 1. The number of anilines is 2. The van der Waals surface area contributed by atoms with Crippen LogP contribution in [-0.2, 0) is 6.61 Å². The molecule has 35 heavy (non-hydrogen) atoms. The number of amides is 1. The summed E-state index contributed by atoms with van der Waals surface area (Å²) >= 11 is 0. The Hall–Kier alpha value is -4.46. The van der Waals surface area contributed by atoms with Crippen molar-refractivity contribution in [3.8, 4) is 17.2 Å². The molecule has 1 unspecified atom stereocenters. The third kappa shape index (κ3) is 3.73. The van der Waals surface area contributed by atoms with E-state index in [2.05, 4.69) is 10.5 Å². The van der Waals surface area contributed by atoms with Gasteiger partial charge in [-0.25, -0.2) is 0 Å². The Kier molecular flexibility index (Phi) is 5.06. The molecule has 0 fully saturated rings. The first-order chi connectivity index (χ1) is 17.1. The summed E-state index contributed by atoms with van der Waals surface area (Å²) in [4.78, 5) is 15.4. The van der Waals surface area contributed by atoms with Crippen molar-refractivity contribution in [1.29, 1.82) is 0 Å². The van der Waals surface area contributed by atoms with E-state index in [-0.39, 0.29) is 12.7 Å². The Morgan fingerprint density at radius 3 is 2.63 bits per heavy atom. The molecule has 0 aliphatic carbocycles. The lowest BCUT2D eigenvalue weighted by atomic mass is 10.0. The van der Waals surface area contributed by atoms with Gasteiger partial charge in [0.2, 0.25) is 6.79 Å². The number of ether oxygens (including phenoxy) is 3. The highest BCUT2D eigenvalue weighted by molar-refractivity contribution is 6.12. The number of benzene rings is 3. The van der Waals surface area contributed by atoms with Crippen LogP contribution in [0.4, 0.5) is 11.4 Å². The predicted molar refractivity (Wildman–Crippen MR) is 129 cm³/mol. The zero-order valence-electron chi connectivity index (χ0n) is 19.3. The van der Waals surface area contributed by atoms with Crippen LogP contribution in [0.3, 0.4) is 0 Å². The second-order valence-electron chi connectivity index (χ2n) is 8.47. The van der Waals surface area contributed by atoms with Gasteiger partial charge in [0.15, 0.2) is 11.5 Å². The second-order valence-corrected chi connectivity index (χ2v) is 8.47. The molecule has 0 saturated heterocycles. The smallest absolute Gasteiger partial charge is 0.262 e. The molecule has 0 radical (unpaired) electrons. The van der Waals surface area contributed by atoms with E-state index in [1.807, 2.05) is 80.6 Å². The van der Waals surface area contributed by atoms with Crippen LogP contribution in [0.25, 0.3) is 0 Å². The minimum absolute atomic E-state index is 0.0954. The fraction of sp³-hybridized carbons (Fsp3) is 0.185. The quantitative estimate of drug-likeness (QED) is 0.420. The van der Waals surface area contributed by atoms with E-state index < -0.39 is 6.17 Å². The molecule has 2 aliphatic heterocycles. The van der Waals surface area contributed by atoms with E-state index in [0.29, 0.717) is 35.1 Å². The van der Waals surface area contributed by atoms with Crippen molar-refractivity contribution in [2.24, 2.45) is 0 Å². The summed E-state index contributed by atoms with van der Waals surface area (Å²) in [6.07, 6.45) is -0.422. The van der Waals surface area contributed by atoms with Gasteiger partial charge in [-0.15, -0.1) is 0 Å². The number of aromatic nitrogens is 1. The van der Waals surface area contributed by atoms with Gasteiger partial charge >= 0.3 is 0 Å². The summed E-state index contributed by atoms with van der Waals surface area (Å²) in [5, 5.41) is 7.49. The highest BCUT2D eigenvalue weighted by Crippen LogP contribution is 2.41. The van der Waals surface area contributed by atoms with E-state index in [9.17, 15) is 4.79 Å². The van der Waals surface area contributed by atoms with Gasteiger partial charge < -0.3 is 24.1 Å². The second kappa shape index (κ2) is 8.39. The number of aryl methyl sites for hydroxylation is 2. The van der Waals surface area contributed by atoms with Crippen molar-refractivity contribution < 1.29 is 23.5 Å². The monoisotopic (exact) mass is 469 g/mol. The van der Waals surface area contributed by atoms with Crippen LogP contribution in [0.15, 0.2) is 71.3 Å². The molecule has 1 aromatic heterocycles. The molecule has 176 valence electrons. The predicted octanol–water partition coefficient (Wildman–Crippen LogP) is 5.37. The zero-order valence-corrected chi connectivity index (χ0v) is 19.3. The number of carbonyl (C=O) groups is 1. The maximum atomic E-state index is 13.6. The number of nitrogens with zero attached hydrogens (tertiary/aromatic N) is 2. The standard InChI is InChI=1S/C27H23N3O5/c1-16-22(17(2)35-29-16)14-32-20-10-7-18(8-11-20)26-28-23-6-4-3-5-21(23)27(31)30(26)19-9-12-24-25(13-19)34-15-33-24/h3-13,26,28H,14-15H2,1-2H3. The molecule has 2 aliphatic rings. The van der Waals surface area contributed by atoms with Gasteiger partial charge in [-0.2, -0.15) is 0 Å². The molecule has 1 N–H and O–H groups in total. The Morgan fingerprint density at radius 2 is 1.83 bits per heavy atom. The molecule has 0 bridgehead atoms. The van der Waals surface area contributed by atoms with Crippen LogP contribution in [0.5, 0.6) is 17.2 Å². The maximum Gasteiger partial charge on any atom is 0.262 e. The van der Waals surface area contributed by atoms with Crippen molar-refractivity contribution in [2.75, 3.05) is 17.0 Å². The number of rotatable bonds is 5. The average molecular weight is 469 g/mol. The Labute approximate surface area is 202 Å². The number of hydrogen-bond acceptors (Lipinski definition) is 7. The largest absolute Gasteiger partial charge is 0.489 e. The van der Waals surface area contributed by atoms with Gasteiger partial charge in [0.25, 0.3) is 5.91 Å². The first kappa shape index (κ1) is 21.1. The molecule has 8 heteroatoms. The summed E-state index contributed by atoms with van der Waals surface area (Å²) in [6, 6.07) is 20.8. The molecule has 0 saturated carbocycles. The zero-order chi connectivity index (χ0) is 23.9. The van der Waals surface area contributed by atoms with Crippen LogP contribution in [0.2, 0.25) is 0 Å². The van der Waals surface area contributed by atoms with Crippen LogP contribution >= 0.6 is 0 Å². The number of carbonyl (C=O) groups excluding carboxylic acids is 1. The lowest BCUT2D eigenvalue weighted by Gasteiger charge is -2.38. The summed E-state index contributed by atoms with van der Waals surface area (Å²) in [6.45, 7) is 4.31. The normalized spacial score (nSPS) is 16.1. The fourth-order valence-corrected chi connectivity index (χ4v) is 4.40. The molecule has 0 spiro atoms. The molecule has 8 nitrogen and oxygen atoms in total. The third-order valence-electron chi connectivity index (χ3n) is 6.32. The minimum Gasteiger partial charge on any atom is -0.489 e. The topological polar surface area (TPSA) is 86.1 Å². The van der Waals surface area contributed by atoms with Crippen LogP contribution < -0.4 is 24.4 Å². The Morgan fingerprint density at radius 1 is 1.03 bits per heavy atom. The highest BCUT2D eigenvalue weighted by atomic mass is 16.7. The van der Waals surface area contributed by atoms with E-state index >= 15 is 0 Å².